The van der Waals surface area contributed by atoms with Crippen molar-refractivity contribution in [3.05, 3.63) is 15.7 Å². The summed E-state index contributed by atoms with van der Waals surface area (Å²) in [4.78, 5) is 0. The quantitative estimate of drug-likeness (QED) is 0.575. The Morgan fingerprint density at radius 1 is 1.42 bits per heavy atom. The van der Waals surface area contributed by atoms with Gasteiger partial charge in [-0.2, -0.15) is 0 Å². The van der Waals surface area contributed by atoms with Crippen LogP contribution >= 0.6 is 22.6 Å². The SMILES string of the molecule is CCCCOc1ccc2c(nnn2CC2CC2)c1I. The Hall–Kier alpha value is -0.850. The number of aromatic nitrogens is 3. The zero-order valence-electron chi connectivity index (χ0n) is 11.1. The number of rotatable bonds is 6. The van der Waals surface area contributed by atoms with Gasteiger partial charge in [0.2, 0.25) is 0 Å². The summed E-state index contributed by atoms with van der Waals surface area (Å²) < 4.78 is 8.91. The third-order valence-corrected chi connectivity index (χ3v) is 4.52. The number of ether oxygens (including phenoxy) is 1. The third-order valence-electron chi connectivity index (χ3n) is 3.47. The predicted molar refractivity (Wildman–Crippen MR) is 83.4 cm³/mol. The monoisotopic (exact) mass is 371 g/mol. The zero-order chi connectivity index (χ0) is 13.2. The molecule has 1 heterocycles. The van der Waals surface area contributed by atoms with Crippen LogP contribution in [-0.4, -0.2) is 21.6 Å². The summed E-state index contributed by atoms with van der Waals surface area (Å²) in [5.41, 5.74) is 2.09. The van der Waals surface area contributed by atoms with E-state index in [1.807, 2.05) is 10.7 Å². The number of hydrogen-bond acceptors (Lipinski definition) is 3. The third kappa shape index (κ3) is 2.85. The summed E-state index contributed by atoms with van der Waals surface area (Å²) in [6.07, 6.45) is 4.90. The van der Waals surface area contributed by atoms with Crippen LogP contribution in [0.4, 0.5) is 0 Å². The molecule has 1 aromatic carbocycles. The van der Waals surface area contributed by atoms with E-state index in [1.54, 1.807) is 0 Å². The molecule has 0 spiro atoms. The second-order valence-corrected chi connectivity index (χ2v) is 6.24. The minimum absolute atomic E-state index is 0.772. The van der Waals surface area contributed by atoms with Gasteiger partial charge in [0.05, 0.1) is 15.7 Å². The normalized spacial score (nSPS) is 15.1. The highest BCUT2D eigenvalue weighted by atomic mass is 127. The minimum atomic E-state index is 0.772. The summed E-state index contributed by atoms with van der Waals surface area (Å²) in [6, 6.07) is 4.13. The topological polar surface area (TPSA) is 39.9 Å². The van der Waals surface area contributed by atoms with Gasteiger partial charge in [-0.15, -0.1) is 5.10 Å². The molecule has 3 rings (SSSR count). The first-order valence-corrected chi connectivity index (χ1v) is 8.02. The van der Waals surface area contributed by atoms with E-state index in [4.69, 9.17) is 4.74 Å². The predicted octanol–water partition coefficient (Wildman–Crippen LogP) is 3.62. The molecule has 0 bridgehead atoms. The van der Waals surface area contributed by atoms with Gasteiger partial charge < -0.3 is 4.74 Å². The van der Waals surface area contributed by atoms with Gasteiger partial charge >= 0.3 is 0 Å². The minimum Gasteiger partial charge on any atom is -0.492 e. The lowest BCUT2D eigenvalue weighted by atomic mass is 10.3. The maximum Gasteiger partial charge on any atom is 0.135 e. The van der Waals surface area contributed by atoms with Gasteiger partial charge in [-0.3, -0.25) is 0 Å². The molecule has 1 aliphatic rings. The smallest absolute Gasteiger partial charge is 0.135 e. The van der Waals surface area contributed by atoms with Crippen LogP contribution in [-0.2, 0) is 6.54 Å². The lowest BCUT2D eigenvalue weighted by Gasteiger charge is -2.08. The first kappa shape index (κ1) is 13.1. The standard InChI is InChI=1S/C14H18IN3O/c1-2-3-8-19-12-7-6-11-14(13(12)15)16-17-18(11)9-10-4-5-10/h6-7,10H,2-5,8-9H2,1H3. The Morgan fingerprint density at radius 3 is 3.00 bits per heavy atom. The molecule has 1 aliphatic carbocycles. The number of unbranched alkanes of at least 4 members (excludes halogenated alkanes) is 1. The first-order valence-electron chi connectivity index (χ1n) is 6.94. The van der Waals surface area contributed by atoms with Crippen molar-refractivity contribution >= 4 is 33.6 Å². The van der Waals surface area contributed by atoms with Crippen LogP contribution in [0.25, 0.3) is 11.0 Å². The maximum absolute atomic E-state index is 5.80. The van der Waals surface area contributed by atoms with Crippen molar-refractivity contribution in [1.29, 1.82) is 0 Å². The van der Waals surface area contributed by atoms with Crippen LogP contribution < -0.4 is 4.74 Å². The van der Waals surface area contributed by atoms with Gasteiger partial charge in [0.1, 0.15) is 11.3 Å². The average Bonchev–Trinajstić information content (AvgIpc) is 3.13. The van der Waals surface area contributed by atoms with E-state index >= 15 is 0 Å². The summed E-state index contributed by atoms with van der Waals surface area (Å²) in [6.45, 7) is 3.94. The van der Waals surface area contributed by atoms with E-state index in [0.717, 1.165) is 52.3 Å². The average molecular weight is 371 g/mol. The largest absolute Gasteiger partial charge is 0.492 e. The van der Waals surface area contributed by atoms with Crippen molar-refractivity contribution in [2.24, 2.45) is 5.92 Å². The van der Waals surface area contributed by atoms with Crippen molar-refractivity contribution in [3.63, 3.8) is 0 Å². The number of fused-ring (bicyclic) bond motifs is 1. The van der Waals surface area contributed by atoms with Gasteiger partial charge in [-0.25, -0.2) is 4.68 Å². The molecule has 1 aromatic heterocycles. The molecule has 0 unspecified atom stereocenters. The summed E-state index contributed by atoms with van der Waals surface area (Å²) >= 11 is 2.31. The molecule has 5 heteroatoms. The molecule has 0 atom stereocenters. The molecule has 0 radical (unpaired) electrons. The molecule has 1 saturated carbocycles. The maximum atomic E-state index is 5.80. The van der Waals surface area contributed by atoms with Crippen molar-refractivity contribution in [2.75, 3.05) is 6.61 Å². The fourth-order valence-corrected chi connectivity index (χ4v) is 2.82. The van der Waals surface area contributed by atoms with E-state index in [-0.39, 0.29) is 0 Å². The molecule has 102 valence electrons. The molecule has 2 aromatic rings. The van der Waals surface area contributed by atoms with Crippen LogP contribution in [0.3, 0.4) is 0 Å². The highest BCUT2D eigenvalue weighted by Gasteiger charge is 2.23. The Bertz CT molecular complexity index is 577. The molecule has 4 nitrogen and oxygen atoms in total. The number of nitrogens with zero attached hydrogens (tertiary/aromatic N) is 3. The first-order chi connectivity index (χ1) is 9.29. The van der Waals surface area contributed by atoms with E-state index in [1.165, 1.54) is 12.8 Å². The van der Waals surface area contributed by atoms with Gasteiger partial charge in [0.15, 0.2) is 0 Å². The molecule has 0 amide bonds. The second kappa shape index (κ2) is 5.64. The number of halogens is 1. The summed E-state index contributed by atoms with van der Waals surface area (Å²) in [5.74, 6) is 1.74. The summed E-state index contributed by atoms with van der Waals surface area (Å²) in [5, 5.41) is 8.59. The van der Waals surface area contributed by atoms with Crippen LogP contribution in [0.15, 0.2) is 12.1 Å². The fraction of sp³-hybridized carbons (Fsp3) is 0.571. The number of benzene rings is 1. The van der Waals surface area contributed by atoms with Gasteiger partial charge in [-0.1, -0.05) is 18.6 Å². The van der Waals surface area contributed by atoms with Crippen molar-refractivity contribution in [1.82, 2.24) is 15.0 Å². The Morgan fingerprint density at radius 2 is 2.26 bits per heavy atom. The molecular weight excluding hydrogens is 353 g/mol. The van der Waals surface area contributed by atoms with Crippen molar-refractivity contribution in [2.45, 2.75) is 39.2 Å². The van der Waals surface area contributed by atoms with Crippen LogP contribution in [0.5, 0.6) is 5.75 Å². The van der Waals surface area contributed by atoms with E-state index < -0.39 is 0 Å². The van der Waals surface area contributed by atoms with Crippen LogP contribution in [0.2, 0.25) is 0 Å². The Kier molecular flexibility index (Phi) is 3.91. The molecule has 19 heavy (non-hydrogen) atoms. The number of hydrogen-bond donors (Lipinski definition) is 0. The summed E-state index contributed by atoms with van der Waals surface area (Å²) in [7, 11) is 0. The van der Waals surface area contributed by atoms with E-state index in [0.29, 0.717) is 0 Å². The van der Waals surface area contributed by atoms with Crippen molar-refractivity contribution in [3.8, 4) is 5.75 Å². The molecule has 0 saturated heterocycles. The van der Waals surface area contributed by atoms with E-state index in [9.17, 15) is 0 Å². The second-order valence-electron chi connectivity index (χ2n) is 5.16. The van der Waals surface area contributed by atoms with Gasteiger partial charge in [-0.05, 0) is 59.9 Å². The van der Waals surface area contributed by atoms with Crippen molar-refractivity contribution < 1.29 is 4.74 Å². The highest BCUT2D eigenvalue weighted by molar-refractivity contribution is 14.1. The van der Waals surface area contributed by atoms with Gasteiger partial charge in [0.25, 0.3) is 0 Å². The Labute approximate surface area is 126 Å². The molecule has 0 N–H and O–H groups in total. The highest BCUT2D eigenvalue weighted by Crippen LogP contribution is 2.33. The van der Waals surface area contributed by atoms with Crippen LogP contribution in [0.1, 0.15) is 32.6 Å². The molecular formula is C14H18IN3O. The molecule has 0 aliphatic heterocycles. The van der Waals surface area contributed by atoms with Crippen LogP contribution in [0, 0.1) is 9.49 Å². The van der Waals surface area contributed by atoms with E-state index in [2.05, 4.69) is 45.9 Å². The Balaban J connectivity index is 1.84. The van der Waals surface area contributed by atoms with Gasteiger partial charge in [0, 0.05) is 6.54 Å². The molecule has 1 fully saturated rings. The lowest BCUT2D eigenvalue weighted by Crippen LogP contribution is -2.02. The zero-order valence-corrected chi connectivity index (χ0v) is 13.3. The fourth-order valence-electron chi connectivity index (χ4n) is 2.10. The lowest BCUT2D eigenvalue weighted by molar-refractivity contribution is 0.308.